The van der Waals surface area contributed by atoms with Crippen LogP contribution in [0.25, 0.3) is 0 Å². The summed E-state index contributed by atoms with van der Waals surface area (Å²) in [6, 6.07) is 0.0605. The first-order chi connectivity index (χ1) is 6.13. The summed E-state index contributed by atoms with van der Waals surface area (Å²) < 4.78 is 21.0. The van der Waals surface area contributed by atoms with Crippen molar-refractivity contribution in [1.82, 2.24) is 5.09 Å². The second-order valence-corrected chi connectivity index (χ2v) is 4.13. The van der Waals surface area contributed by atoms with Crippen LogP contribution in [-0.4, -0.2) is 44.6 Å². The predicted octanol–water partition coefficient (Wildman–Crippen LogP) is -1.28. The molecule has 0 aromatic rings. The Bertz CT molecular complexity index is 193. The number of hydrogen-bond acceptors (Lipinski definition) is 3. The highest BCUT2D eigenvalue weighted by Gasteiger charge is 2.33. The minimum atomic E-state index is -2.63. The predicted molar refractivity (Wildman–Crippen MR) is 51.8 cm³/mol. The van der Waals surface area contributed by atoms with E-state index in [-0.39, 0.29) is 18.1 Å². The third kappa shape index (κ3) is 3.40. The molecule has 7 heteroatoms. The molecule has 0 aliphatic carbocycles. The van der Waals surface area contributed by atoms with Gasteiger partial charge in [-0.3, -0.25) is 4.57 Å². The van der Waals surface area contributed by atoms with Crippen LogP contribution in [0.2, 0.25) is 0 Å². The van der Waals surface area contributed by atoms with Gasteiger partial charge in [-0.2, -0.15) is 0 Å². The van der Waals surface area contributed by atoms with E-state index in [4.69, 9.17) is 14.4 Å². The number of rotatable bonds is 4. The Balaban J connectivity index is 2.45. The third-order valence-corrected chi connectivity index (χ3v) is 2.70. The molecule has 0 bridgehead atoms. The molecule has 0 radical (unpaired) electrons. The number of nitrogens with one attached hydrogen (secondary N) is 1. The van der Waals surface area contributed by atoms with Crippen LogP contribution < -0.4 is 5.09 Å². The molecule has 5 nitrogen and oxygen atoms in total. The van der Waals surface area contributed by atoms with Gasteiger partial charge in [0.15, 0.2) is 0 Å². The Kier molecular flexibility index (Phi) is 4.42. The standard InChI is InChI=1S/C6H15BNO4P/c1-11-3-5-4(8-13(9)10)2-6(7)12-5/h4-6,13H,2-3,7H2,1H3,(H2,8,9,10)/t4?,5-,6-/m1/s1. The zero-order valence-electron chi connectivity index (χ0n) is 7.82. The van der Waals surface area contributed by atoms with Crippen LogP contribution >= 0.6 is 8.18 Å². The first-order valence-corrected chi connectivity index (χ1v) is 5.63. The number of hydrogen-bond donors (Lipinski definition) is 2. The Hall–Kier alpha value is 0.135. The Morgan fingerprint density at radius 2 is 2.54 bits per heavy atom. The summed E-state index contributed by atoms with van der Waals surface area (Å²) in [5.74, 6) is 0. The van der Waals surface area contributed by atoms with Crippen molar-refractivity contribution in [2.75, 3.05) is 13.7 Å². The smallest absolute Gasteiger partial charge is 0.256 e. The van der Waals surface area contributed by atoms with Crippen LogP contribution in [0.3, 0.4) is 0 Å². The molecule has 1 heterocycles. The highest BCUT2D eigenvalue weighted by Crippen LogP contribution is 2.22. The van der Waals surface area contributed by atoms with Crippen molar-refractivity contribution in [1.29, 1.82) is 0 Å². The van der Waals surface area contributed by atoms with Gasteiger partial charge in [0.1, 0.15) is 7.85 Å². The van der Waals surface area contributed by atoms with Crippen molar-refractivity contribution in [3.63, 3.8) is 0 Å². The van der Waals surface area contributed by atoms with E-state index in [1.807, 2.05) is 7.85 Å². The Morgan fingerprint density at radius 1 is 1.85 bits per heavy atom. The molecule has 0 amide bonds. The molecule has 0 spiro atoms. The van der Waals surface area contributed by atoms with Gasteiger partial charge in [0.05, 0.1) is 12.7 Å². The monoisotopic (exact) mass is 207 g/mol. The summed E-state index contributed by atoms with van der Waals surface area (Å²) in [5, 5.41) is 2.60. The zero-order valence-corrected chi connectivity index (χ0v) is 8.82. The number of methoxy groups -OCH3 is 1. The van der Waals surface area contributed by atoms with Gasteiger partial charge in [0.2, 0.25) is 0 Å². The van der Waals surface area contributed by atoms with Gasteiger partial charge in [-0.05, 0) is 6.42 Å². The highest BCUT2D eigenvalue weighted by atomic mass is 31.1. The molecule has 1 rings (SSSR count). The normalized spacial score (nSPS) is 36.3. The summed E-state index contributed by atoms with van der Waals surface area (Å²) in [6.07, 6.45) is 0.645. The fourth-order valence-electron chi connectivity index (χ4n) is 1.59. The Labute approximate surface area is 79.1 Å². The first-order valence-electron chi connectivity index (χ1n) is 4.27. The Morgan fingerprint density at radius 3 is 3.08 bits per heavy atom. The molecular weight excluding hydrogens is 192 g/mol. The molecule has 13 heavy (non-hydrogen) atoms. The lowest BCUT2D eigenvalue weighted by Gasteiger charge is -2.17. The van der Waals surface area contributed by atoms with Gasteiger partial charge < -0.3 is 14.4 Å². The molecule has 1 fully saturated rings. The molecule has 1 aliphatic heterocycles. The van der Waals surface area contributed by atoms with Gasteiger partial charge in [-0.25, -0.2) is 5.09 Å². The fraction of sp³-hybridized carbons (Fsp3) is 1.00. The minimum absolute atomic E-state index is 0.0636. The largest absolute Gasteiger partial charge is 0.382 e. The van der Waals surface area contributed by atoms with Crippen LogP contribution in [0.15, 0.2) is 0 Å². The van der Waals surface area contributed by atoms with Crippen molar-refractivity contribution in [3.8, 4) is 0 Å². The second-order valence-electron chi connectivity index (χ2n) is 3.23. The maximum absolute atomic E-state index is 10.6. The summed E-state index contributed by atoms with van der Waals surface area (Å²) in [5.41, 5.74) is 0. The molecule has 0 aromatic heterocycles. The lowest BCUT2D eigenvalue weighted by Crippen LogP contribution is -2.35. The second kappa shape index (κ2) is 5.12. The van der Waals surface area contributed by atoms with Gasteiger partial charge in [-0.1, -0.05) is 0 Å². The van der Waals surface area contributed by atoms with Gasteiger partial charge >= 0.3 is 0 Å². The van der Waals surface area contributed by atoms with Crippen LogP contribution in [-0.2, 0) is 14.0 Å². The summed E-state index contributed by atoms with van der Waals surface area (Å²) in [4.78, 5) is 8.72. The van der Waals surface area contributed by atoms with Gasteiger partial charge in [0.25, 0.3) is 8.18 Å². The van der Waals surface area contributed by atoms with Crippen LogP contribution in [0.5, 0.6) is 0 Å². The molecular formula is C6H15BNO4P. The number of ether oxygens (including phenoxy) is 2. The van der Waals surface area contributed by atoms with E-state index in [0.29, 0.717) is 6.61 Å². The molecule has 1 aliphatic rings. The van der Waals surface area contributed by atoms with Gasteiger partial charge in [-0.15, -0.1) is 0 Å². The topological polar surface area (TPSA) is 67.8 Å². The average molecular weight is 207 g/mol. The van der Waals surface area contributed by atoms with Crippen LogP contribution in [0.4, 0.5) is 0 Å². The van der Waals surface area contributed by atoms with Crippen molar-refractivity contribution in [2.24, 2.45) is 0 Å². The quantitative estimate of drug-likeness (QED) is 0.444. The molecule has 1 saturated heterocycles. The first kappa shape index (κ1) is 11.2. The fourth-order valence-corrected chi connectivity index (χ4v) is 2.21. The molecule has 0 saturated carbocycles. The molecule has 2 N–H and O–H groups in total. The van der Waals surface area contributed by atoms with Crippen molar-refractivity contribution < 1.29 is 18.9 Å². The SMILES string of the molecule is B[C@H]1CC(N[PH](=O)O)[C@@H](COC)O1. The highest BCUT2D eigenvalue weighted by molar-refractivity contribution is 7.35. The van der Waals surface area contributed by atoms with Crippen molar-refractivity contribution in [3.05, 3.63) is 0 Å². The van der Waals surface area contributed by atoms with E-state index >= 15 is 0 Å². The van der Waals surface area contributed by atoms with E-state index in [2.05, 4.69) is 5.09 Å². The van der Waals surface area contributed by atoms with Crippen LogP contribution in [0, 0.1) is 0 Å². The average Bonchev–Trinajstić information content (AvgIpc) is 2.31. The van der Waals surface area contributed by atoms with E-state index in [0.717, 1.165) is 6.42 Å². The molecule has 0 aromatic carbocycles. The minimum Gasteiger partial charge on any atom is -0.382 e. The third-order valence-electron chi connectivity index (χ3n) is 2.08. The van der Waals surface area contributed by atoms with Crippen molar-refractivity contribution in [2.45, 2.75) is 24.6 Å². The maximum Gasteiger partial charge on any atom is 0.256 e. The van der Waals surface area contributed by atoms with E-state index in [1.54, 1.807) is 7.11 Å². The van der Waals surface area contributed by atoms with Crippen LogP contribution in [0.1, 0.15) is 6.42 Å². The van der Waals surface area contributed by atoms with E-state index < -0.39 is 8.18 Å². The van der Waals surface area contributed by atoms with Gasteiger partial charge in [0, 0.05) is 19.2 Å². The lowest BCUT2D eigenvalue weighted by atomic mass is 9.95. The van der Waals surface area contributed by atoms with E-state index in [1.165, 1.54) is 0 Å². The zero-order chi connectivity index (χ0) is 9.84. The summed E-state index contributed by atoms with van der Waals surface area (Å²) in [6.45, 7) is 0.456. The molecule has 76 valence electrons. The summed E-state index contributed by atoms with van der Waals surface area (Å²) >= 11 is 0. The van der Waals surface area contributed by atoms with Crippen molar-refractivity contribution >= 4 is 16.0 Å². The van der Waals surface area contributed by atoms with E-state index in [9.17, 15) is 4.57 Å². The lowest BCUT2D eigenvalue weighted by molar-refractivity contribution is 0.0182. The molecule has 2 unspecified atom stereocenters. The maximum atomic E-state index is 10.6. The molecule has 4 atom stereocenters. The summed E-state index contributed by atoms with van der Waals surface area (Å²) in [7, 11) is 0.905.